The third kappa shape index (κ3) is 3.40. The molecule has 1 aliphatic rings. The molecule has 1 fully saturated rings. The summed E-state index contributed by atoms with van der Waals surface area (Å²) in [5, 5.41) is 0. The summed E-state index contributed by atoms with van der Waals surface area (Å²) in [5.41, 5.74) is 6.57. The second-order valence-corrected chi connectivity index (χ2v) is 5.05. The summed E-state index contributed by atoms with van der Waals surface area (Å²) < 4.78 is 5.21. The highest BCUT2D eigenvalue weighted by Crippen LogP contribution is 2.20. The molecule has 0 bridgehead atoms. The highest BCUT2D eigenvalue weighted by Gasteiger charge is 2.33. The van der Waals surface area contributed by atoms with Gasteiger partial charge in [0.05, 0.1) is 0 Å². The molecule has 0 saturated carbocycles. The molecule has 16 heavy (non-hydrogen) atoms. The highest BCUT2D eigenvalue weighted by atomic mass is 16.6. The highest BCUT2D eigenvalue weighted by molar-refractivity contribution is 5.84. The van der Waals surface area contributed by atoms with Crippen molar-refractivity contribution in [3.05, 3.63) is 0 Å². The van der Waals surface area contributed by atoms with Crippen molar-refractivity contribution < 1.29 is 14.3 Å². The number of hydrogen-bond acceptors (Lipinski definition) is 3. The summed E-state index contributed by atoms with van der Waals surface area (Å²) in [6, 6.07) is -0.622. The summed E-state index contributed by atoms with van der Waals surface area (Å²) >= 11 is 0. The van der Waals surface area contributed by atoms with Crippen LogP contribution in [0.4, 0.5) is 4.79 Å². The van der Waals surface area contributed by atoms with Gasteiger partial charge in [-0.25, -0.2) is 4.79 Å². The fraction of sp³-hybridized carbons (Fsp3) is 0.818. The SMILES string of the molecule is CC(C)(C)OC(=O)N1CCCCC1C([NH])=O. The maximum Gasteiger partial charge on any atom is 0.410 e. The number of nitrogens with zero attached hydrogens (tertiary/aromatic N) is 1. The van der Waals surface area contributed by atoms with Crippen molar-refractivity contribution in [3.63, 3.8) is 0 Å². The zero-order chi connectivity index (χ0) is 12.3. The van der Waals surface area contributed by atoms with E-state index in [1.165, 1.54) is 4.90 Å². The zero-order valence-corrected chi connectivity index (χ0v) is 10.1. The lowest BCUT2D eigenvalue weighted by atomic mass is 10.0. The largest absolute Gasteiger partial charge is 0.444 e. The minimum Gasteiger partial charge on any atom is -0.444 e. The lowest BCUT2D eigenvalue weighted by Gasteiger charge is -2.34. The minimum absolute atomic E-state index is 0.488. The lowest BCUT2D eigenvalue weighted by molar-refractivity contribution is -0.125. The maximum absolute atomic E-state index is 11.8. The normalized spacial score (nSPS) is 21.7. The molecule has 5 heteroatoms. The minimum atomic E-state index is -0.703. The van der Waals surface area contributed by atoms with Crippen LogP contribution in [0.3, 0.4) is 0 Å². The van der Waals surface area contributed by atoms with E-state index in [4.69, 9.17) is 10.5 Å². The van der Waals surface area contributed by atoms with E-state index in [-0.39, 0.29) is 0 Å². The van der Waals surface area contributed by atoms with Crippen LogP contribution in [0.2, 0.25) is 0 Å². The molecule has 0 aromatic carbocycles. The molecule has 1 heterocycles. The van der Waals surface area contributed by atoms with E-state index in [1.54, 1.807) is 20.8 Å². The molecule has 1 rings (SSSR count). The Morgan fingerprint density at radius 2 is 1.94 bits per heavy atom. The van der Waals surface area contributed by atoms with Crippen LogP contribution >= 0.6 is 0 Å². The van der Waals surface area contributed by atoms with E-state index in [0.717, 1.165) is 12.8 Å². The molecule has 91 valence electrons. The number of piperidine rings is 1. The summed E-state index contributed by atoms with van der Waals surface area (Å²) in [6.07, 6.45) is 1.83. The average Bonchev–Trinajstić information content (AvgIpc) is 2.15. The van der Waals surface area contributed by atoms with Crippen LogP contribution in [0.25, 0.3) is 0 Å². The number of ether oxygens (including phenoxy) is 1. The van der Waals surface area contributed by atoms with Gasteiger partial charge in [0.1, 0.15) is 11.6 Å². The Kier molecular flexibility index (Phi) is 3.78. The Labute approximate surface area is 95.9 Å². The number of hydrogen-bond donors (Lipinski definition) is 0. The third-order valence-corrected chi connectivity index (χ3v) is 2.43. The predicted octanol–water partition coefficient (Wildman–Crippen LogP) is 1.59. The molecular weight excluding hydrogens is 208 g/mol. The molecule has 1 radical (unpaired) electrons. The van der Waals surface area contributed by atoms with E-state index in [0.29, 0.717) is 13.0 Å². The van der Waals surface area contributed by atoms with Crippen LogP contribution in [0.15, 0.2) is 0 Å². The number of carbonyl (C=O) groups excluding carboxylic acids is 2. The van der Waals surface area contributed by atoms with E-state index < -0.39 is 23.6 Å². The van der Waals surface area contributed by atoms with E-state index in [1.807, 2.05) is 0 Å². The Morgan fingerprint density at radius 1 is 1.31 bits per heavy atom. The van der Waals surface area contributed by atoms with Gasteiger partial charge >= 0.3 is 6.09 Å². The molecule has 1 atom stereocenters. The summed E-state index contributed by atoms with van der Waals surface area (Å²) in [7, 11) is 0. The van der Waals surface area contributed by atoms with Crippen LogP contribution < -0.4 is 5.73 Å². The quantitative estimate of drug-likeness (QED) is 0.683. The first-order chi connectivity index (χ1) is 7.31. The van der Waals surface area contributed by atoms with Crippen molar-refractivity contribution in [2.24, 2.45) is 0 Å². The van der Waals surface area contributed by atoms with E-state index >= 15 is 0 Å². The Balaban J connectivity index is 2.68. The summed E-state index contributed by atoms with van der Waals surface area (Å²) in [6.45, 7) is 5.86. The van der Waals surface area contributed by atoms with Crippen LogP contribution in [-0.4, -0.2) is 35.1 Å². The zero-order valence-electron chi connectivity index (χ0n) is 10.1. The first kappa shape index (κ1) is 12.8. The van der Waals surface area contributed by atoms with Crippen LogP contribution in [-0.2, 0) is 9.53 Å². The monoisotopic (exact) mass is 227 g/mol. The number of carbonyl (C=O) groups is 2. The van der Waals surface area contributed by atoms with Crippen molar-refractivity contribution in [2.75, 3.05) is 6.54 Å². The topological polar surface area (TPSA) is 70.4 Å². The smallest absolute Gasteiger partial charge is 0.410 e. The predicted molar refractivity (Wildman–Crippen MR) is 58.7 cm³/mol. The van der Waals surface area contributed by atoms with Crippen molar-refractivity contribution in [1.82, 2.24) is 10.6 Å². The van der Waals surface area contributed by atoms with Gasteiger partial charge in [0.25, 0.3) is 5.91 Å². The van der Waals surface area contributed by atoms with Gasteiger partial charge in [-0.3, -0.25) is 15.4 Å². The number of amides is 2. The fourth-order valence-electron chi connectivity index (χ4n) is 1.74. The van der Waals surface area contributed by atoms with E-state index in [2.05, 4.69) is 0 Å². The third-order valence-electron chi connectivity index (χ3n) is 2.43. The van der Waals surface area contributed by atoms with Gasteiger partial charge in [0, 0.05) is 6.54 Å². The average molecular weight is 227 g/mol. The first-order valence-electron chi connectivity index (χ1n) is 5.56. The van der Waals surface area contributed by atoms with Gasteiger partial charge in [-0.2, -0.15) is 0 Å². The van der Waals surface area contributed by atoms with Crippen LogP contribution in [0.1, 0.15) is 40.0 Å². The fourth-order valence-corrected chi connectivity index (χ4v) is 1.74. The van der Waals surface area contributed by atoms with Crippen LogP contribution in [0.5, 0.6) is 0 Å². The molecule has 1 unspecified atom stereocenters. The Bertz CT molecular complexity index is 283. The van der Waals surface area contributed by atoms with Gasteiger partial charge in [0.2, 0.25) is 0 Å². The molecule has 0 aromatic rings. The lowest BCUT2D eigenvalue weighted by Crippen LogP contribution is -2.50. The van der Waals surface area contributed by atoms with Gasteiger partial charge in [-0.05, 0) is 40.0 Å². The number of nitrogens with one attached hydrogen (secondary N) is 1. The molecule has 5 nitrogen and oxygen atoms in total. The molecule has 1 N–H and O–H groups in total. The molecule has 1 aliphatic heterocycles. The van der Waals surface area contributed by atoms with Gasteiger partial charge in [-0.15, -0.1) is 0 Å². The second-order valence-electron chi connectivity index (χ2n) is 5.05. The van der Waals surface area contributed by atoms with Gasteiger partial charge < -0.3 is 4.74 Å². The van der Waals surface area contributed by atoms with Gasteiger partial charge in [0.15, 0.2) is 0 Å². The van der Waals surface area contributed by atoms with Gasteiger partial charge in [-0.1, -0.05) is 0 Å². The summed E-state index contributed by atoms with van der Waals surface area (Å²) in [4.78, 5) is 24.3. The number of likely N-dealkylation sites (tertiary alicyclic amines) is 1. The number of rotatable bonds is 1. The molecule has 0 aromatic heterocycles. The molecule has 0 spiro atoms. The van der Waals surface area contributed by atoms with Crippen molar-refractivity contribution in [3.8, 4) is 0 Å². The van der Waals surface area contributed by atoms with Crippen molar-refractivity contribution in [2.45, 2.75) is 51.7 Å². The Morgan fingerprint density at radius 3 is 2.44 bits per heavy atom. The van der Waals surface area contributed by atoms with Crippen molar-refractivity contribution in [1.29, 1.82) is 0 Å². The molecular formula is C11H19N2O3. The second kappa shape index (κ2) is 4.72. The van der Waals surface area contributed by atoms with Crippen molar-refractivity contribution >= 4 is 12.0 Å². The Hall–Kier alpha value is -1.26. The van der Waals surface area contributed by atoms with Crippen LogP contribution in [0, 0.1) is 0 Å². The first-order valence-corrected chi connectivity index (χ1v) is 5.56. The maximum atomic E-state index is 11.8. The standard InChI is InChI=1S/C11H19N2O3/c1-11(2,3)16-10(15)13-7-5-4-6-8(13)9(12)14/h8,12H,4-7H2,1-3H3. The molecule has 2 amide bonds. The summed E-state index contributed by atoms with van der Waals surface area (Å²) in [5.74, 6) is -0.703. The molecule has 1 saturated heterocycles. The van der Waals surface area contributed by atoms with E-state index in [9.17, 15) is 9.59 Å². The molecule has 0 aliphatic carbocycles.